The van der Waals surface area contributed by atoms with Gasteiger partial charge < -0.3 is 10.0 Å². The highest BCUT2D eigenvalue weighted by molar-refractivity contribution is 5.81. The summed E-state index contributed by atoms with van der Waals surface area (Å²) in [6, 6.07) is 0. The Balaban J connectivity index is 1.84. The molecule has 2 atom stereocenters. The van der Waals surface area contributed by atoms with E-state index in [0.717, 1.165) is 51.7 Å². The van der Waals surface area contributed by atoms with Crippen LogP contribution in [-0.2, 0) is 4.79 Å². The SMILES string of the molecule is O=C1CCCCCC1CN1CCCC(O)C1. The molecular formula is C13H23NO2. The summed E-state index contributed by atoms with van der Waals surface area (Å²) in [7, 11) is 0. The molecule has 1 aliphatic heterocycles. The van der Waals surface area contributed by atoms with Crippen LogP contribution in [-0.4, -0.2) is 41.5 Å². The fourth-order valence-electron chi connectivity index (χ4n) is 2.93. The fourth-order valence-corrected chi connectivity index (χ4v) is 2.93. The molecule has 16 heavy (non-hydrogen) atoms. The molecule has 0 spiro atoms. The molecule has 1 heterocycles. The Morgan fingerprint density at radius 3 is 2.88 bits per heavy atom. The first-order valence-corrected chi connectivity index (χ1v) is 6.69. The monoisotopic (exact) mass is 225 g/mol. The molecule has 0 aromatic rings. The summed E-state index contributed by atoms with van der Waals surface area (Å²) in [6.07, 6.45) is 7.16. The van der Waals surface area contributed by atoms with E-state index >= 15 is 0 Å². The van der Waals surface area contributed by atoms with E-state index in [1.807, 2.05) is 0 Å². The molecule has 3 nitrogen and oxygen atoms in total. The smallest absolute Gasteiger partial charge is 0.137 e. The average molecular weight is 225 g/mol. The first kappa shape index (κ1) is 12.1. The van der Waals surface area contributed by atoms with E-state index in [4.69, 9.17) is 0 Å². The summed E-state index contributed by atoms with van der Waals surface area (Å²) in [4.78, 5) is 14.2. The van der Waals surface area contributed by atoms with Crippen LogP contribution in [0.4, 0.5) is 0 Å². The molecule has 1 saturated heterocycles. The van der Waals surface area contributed by atoms with Crippen molar-refractivity contribution in [3.05, 3.63) is 0 Å². The van der Waals surface area contributed by atoms with Gasteiger partial charge in [-0.2, -0.15) is 0 Å². The predicted octanol–water partition coefficient (Wildman–Crippen LogP) is 1.59. The number of rotatable bonds is 2. The normalized spacial score (nSPS) is 33.7. The molecular weight excluding hydrogens is 202 g/mol. The Morgan fingerprint density at radius 1 is 1.19 bits per heavy atom. The zero-order chi connectivity index (χ0) is 11.4. The zero-order valence-electron chi connectivity index (χ0n) is 10.0. The van der Waals surface area contributed by atoms with Crippen LogP contribution in [0.1, 0.15) is 44.9 Å². The maximum Gasteiger partial charge on any atom is 0.137 e. The number of aliphatic hydroxyl groups excluding tert-OH is 1. The topological polar surface area (TPSA) is 40.5 Å². The Kier molecular flexibility index (Phi) is 4.36. The van der Waals surface area contributed by atoms with E-state index in [-0.39, 0.29) is 12.0 Å². The minimum atomic E-state index is -0.172. The molecule has 2 unspecified atom stereocenters. The van der Waals surface area contributed by atoms with Gasteiger partial charge in [-0.15, -0.1) is 0 Å². The Hall–Kier alpha value is -0.410. The highest BCUT2D eigenvalue weighted by atomic mass is 16.3. The van der Waals surface area contributed by atoms with Crippen molar-refractivity contribution in [2.75, 3.05) is 19.6 Å². The van der Waals surface area contributed by atoms with Crippen LogP contribution in [0.3, 0.4) is 0 Å². The number of hydrogen-bond acceptors (Lipinski definition) is 3. The Labute approximate surface area is 97.8 Å². The van der Waals surface area contributed by atoms with Gasteiger partial charge in [0.05, 0.1) is 6.10 Å². The number of likely N-dealkylation sites (tertiary alicyclic amines) is 1. The largest absolute Gasteiger partial charge is 0.392 e. The van der Waals surface area contributed by atoms with Crippen molar-refractivity contribution in [1.82, 2.24) is 4.90 Å². The number of piperidine rings is 1. The quantitative estimate of drug-likeness (QED) is 0.726. The zero-order valence-corrected chi connectivity index (χ0v) is 10.0. The van der Waals surface area contributed by atoms with Gasteiger partial charge in [0.25, 0.3) is 0 Å². The van der Waals surface area contributed by atoms with Gasteiger partial charge in [-0.25, -0.2) is 0 Å². The molecule has 1 N–H and O–H groups in total. The third kappa shape index (κ3) is 3.29. The number of Topliss-reactive ketones (excluding diaryl/α,β-unsaturated/α-hetero) is 1. The van der Waals surface area contributed by atoms with Crippen molar-refractivity contribution < 1.29 is 9.90 Å². The van der Waals surface area contributed by atoms with Crippen molar-refractivity contribution in [1.29, 1.82) is 0 Å². The maximum absolute atomic E-state index is 11.9. The number of hydrogen-bond donors (Lipinski definition) is 1. The lowest BCUT2D eigenvalue weighted by molar-refractivity contribution is -0.123. The molecule has 2 fully saturated rings. The van der Waals surface area contributed by atoms with Crippen LogP contribution >= 0.6 is 0 Å². The van der Waals surface area contributed by atoms with E-state index in [1.54, 1.807) is 0 Å². The fraction of sp³-hybridized carbons (Fsp3) is 0.923. The number of carbonyl (C=O) groups excluding carboxylic acids is 1. The van der Waals surface area contributed by atoms with E-state index in [0.29, 0.717) is 5.78 Å². The van der Waals surface area contributed by atoms with Crippen LogP contribution in [0, 0.1) is 5.92 Å². The number of carbonyl (C=O) groups is 1. The second-order valence-electron chi connectivity index (χ2n) is 5.32. The van der Waals surface area contributed by atoms with Crippen molar-refractivity contribution in [3.8, 4) is 0 Å². The van der Waals surface area contributed by atoms with E-state index in [2.05, 4.69) is 4.90 Å². The van der Waals surface area contributed by atoms with Crippen LogP contribution in [0.5, 0.6) is 0 Å². The van der Waals surface area contributed by atoms with Gasteiger partial charge in [-0.05, 0) is 32.2 Å². The molecule has 1 saturated carbocycles. The van der Waals surface area contributed by atoms with E-state index < -0.39 is 0 Å². The molecule has 3 heteroatoms. The van der Waals surface area contributed by atoms with Crippen molar-refractivity contribution >= 4 is 5.78 Å². The molecule has 2 aliphatic rings. The van der Waals surface area contributed by atoms with Gasteiger partial charge in [0, 0.05) is 25.4 Å². The second-order valence-corrected chi connectivity index (χ2v) is 5.32. The summed E-state index contributed by atoms with van der Waals surface area (Å²) in [5, 5.41) is 9.60. The van der Waals surface area contributed by atoms with E-state index in [9.17, 15) is 9.90 Å². The Bertz CT molecular complexity index is 242. The molecule has 0 bridgehead atoms. The molecule has 0 amide bonds. The predicted molar refractivity (Wildman–Crippen MR) is 63.3 cm³/mol. The number of nitrogens with zero attached hydrogens (tertiary/aromatic N) is 1. The summed E-state index contributed by atoms with van der Waals surface area (Å²) in [5.74, 6) is 0.699. The van der Waals surface area contributed by atoms with Gasteiger partial charge in [0.15, 0.2) is 0 Å². The molecule has 2 rings (SSSR count). The van der Waals surface area contributed by atoms with Crippen molar-refractivity contribution in [2.24, 2.45) is 5.92 Å². The van der Waals surface area contributed by atoms with Crippen LogP contribution in [0.2, 0.25) is 0 Å². The number of aliphatic hydroxyl groups is 1. The van der Waals surface area contributed by atoms with Gasteiger partial charge in [-0.1, -0.05) is 12.8 Å². The highest BCUT2D eigenvalue weighted by Gasteiger charge is 2.25. The maximum atomic E-state index is 11.9. The minimum Gasteiger partial charge on any atom is -0.392 e. The summed E-state index contributed by atoms with van der Waals surface area (Å²) >= 11 is 0. The standard InChI is InChI=1S/C13H23NO2/c15-12-6-4-8-14(10-12)9-11-5-2-1-3-7-13(11)16/h11-12,15H,1-10H2. The van der Waals surface area contributed by atoms with Gasteiger partial charge >= 0.3 is 0 Å². The van der Waals surface area contributed by atoms with Crippen LogP contribution < -0.4 is 0 Å². The van der Waals surface area contributed by atoms with Crippen LogP contribution in [0.15, 0.2) is 0 Å². The summed E-state index contributed by atoms with van der Waals surface area (Å²) in [6.45, 7) is 2.71. The minimum absolute atomic E-state index is 0.172. The third-order valence-corrected chi connectivity index (χ3v) is 3.89. The second kappa shape index (κ2) is 5.78. The first-order chi connectivity index (χ1) is 7.75. The van der Waals surface area contributed by atoms with Crippen LogP contribution in [0.25, 0.3) is 0 Å². The van der Waals surface area contributed by atoms with Crippen molar-refractivity contribution in [3.63, 3.8) is 0 Å². The molecule has 0 radical (unpaired) electrons. The van der Waals surface area contributed by atoms with Gasteiger partial charge in [0.2, 0.25) is 0 Å². The number of ketones is 1. The van der Waals surface area contributed by atoms with Gasteiger partial charge in [-0.3, -0.25) is 4.79 Å². The first-order valence-electron chi connectivity index (χ1n) is 6.69. The third-order valence-electron chi connectivity index (χ3n) is 3.89. The Morgan fingerprint density at radius 2 is 2.06 bits per heavy atom. The van der Waals surface area contributed by atoms with E-state index in [1.165, 1.54) is 12.8 Å². The molecule has 1 aliphatic carbocycles. The molecule has 92 valence electrons. The summed E-state index contributed by atoms with van der Waals surface area (Å²) < 4.78 is 0. The molecule has 0 aromatic heterocycles. The molecule has 0 aromatic carbocycles. The lowest BCUT2D eigenvalue weighted by atomic mass is 9.97. The van der Waals surface area contributed by atoms with Crippen molar-refractivity contribution in [2.45, 2.75) is 51.0 Å². The number of β-amino-alcohol motifs (C(OH)–C–C–N with tert-alkyl or cyclic N) is 1. The average Bonchev–Trinajstić information content (AvgIpc) is 2.45. The lowest BCUT2D eigenvalue weighted by Gasteiger charge is -2.32. The lowest BCUT2D eigenvalue weighted by Crippen LogP contribution is -2.42. The van der Waals surface area contributed by atoms with Gasteiger partial charge in [0.1, 0.15) is 5.78 Å². The summed E-state index contributed by atoms with van der Waals surface area (Å²) in [5.41, 5.74) is 0. The highest BCUT2D eigenvalue weighted by Crippen LogP contribution is 2.22.